The Morgan fingerprint density at radius 2 is 2.24 bits per heavy atom. The summed E-state index contributed by atoms with van der Waals surface area (Å²) < 4.78 is 9.27. The number of ether oxygens (including phenoxy) is 1. The Hall–Kier alpha value is -1.66. The largest absolute Gasteiger partial charge is 0.384 e. The van der Waals surface area contributed by atoms with Gasteiger partial charge in [0.25, 0.3) is 0 Å². The van der Waals surface area contributed by atoms with E-state index < -0.39 is 0 Å². The fraction of sp³-hybridized carbons (Fsp3) is 0.600. The lowest BCUT2D eigenvalue weighted by Gasteiger charge is -2.31. The second-order valence-corrected chi connectivity index (χ2v) is 5.74. The maximum Gasteiger partial charge on any atom is 0.0736 e. The van der Waals surface area contributed by atoms with Crippen LogP contribution >= 0.6 is 0 Å². The molecule has 0 saturated heterocycles. The van der Waals surface area contributed by atoms with Gasteiger partial charge in [0.2, 0.25) is 0 Å². The molecule has 1 aliphatic heterocycles. The minimum absolute atomic E-state index is 0.350. The number of hydrogen-bond donors (Lipinski definition) is 0. The van der Waals surface area contributed by atoms with Crippen LogP contribution in [0.15, 0.2) is 18.6 Å². The van der Waals surface area contributed by atoms with E-state index in [-0.39, 0.29) is 0 Å². The summed E-state index contributed by atoms with van der Waals surface area (Å²) in [5.41, 5.74) is 3.79. The smallest absolute Gasteiger partial charge is 0.0736 e. The zero-order valence-corrected chi connectivity index (χ0v) is 13.0. The molecule has 2 aromatic heterocycles. The topological polar surface area (TPSA) is 48.1 Å². The lowest BCUT2D eigenvalue weighted by Crippen LogP contribution is -2.34. The molecule has 0 bridgehead atoms. The van der Waals surface area contributed by atoms with Gasteiger partial charge in [-0.15, -0.1) is 0 Å². The van der Waals surface area contributed by atoms with Crippen molar-refractivity contribution in [1.29, 1.82) is 0 Å². The van der Waals surface area contributed by atoms with Gasteiger partial charge >= 0.3 is 0 Å². The summed E-state index contributed by atoms with van der Waals surface area (Å²) in [4.78, 5) is 2.45. The highest BCUT2D eigenvalue weighted by molar-refractivity contribution is 5.25. The molecule has 0 radical (unpaired) electrons. The Kier molecular flexibility index (Phi) is 4.07. The Labute approximate surface area is 125 Å². The van der Waals surface area contributed by atoms with Crippen molar-refractivity contribution in [1.82, 2.24) is 24.5 Å². The molecule has 0 aliphatic carbocycles. The molecule has 2 aromatic rings. The average molecular weight is 289 g/mol. The molecule has 114 valence electrons. The Morgan fingerprint density at radius 3 is 2.90 bits per heavy atom. The number of rotatable bonds is 5. The Morgan fingerprint density at radius 1 is 1.38 bits per heavy atom. The van der Waals surface area contributed by atoms with Crippen LogP contribution in [0.2, 0.25) is 0 Å². The van der Waals surface area contributed by atoms with Gasteiger partial charge in [0.1, 0.15) is 0 Å². The van der Waals surface area contributed by atoms with Crippen molar-refractivity contribution in [3.8, 4) is 0 Å². The van der Waals surface area contributed by atoms with Gasteiger partial charge in [-0.1, -0.05) is 0 Å². The highest BCUT2D eigenvalue weighted by Gasteiger charge is 2.28. The van der Waals surface area contributed by atoms with Crippen LogP contribution in [-0.2, 0) is 31.4 Å². The number of fused-ring (bicyclic) bond motifs is 1. The van der Waals surface area contributed by atoms with Gasteiger partial charge in [0, 0.05) is 69.8 Å². The third kappa shape index (κ3) is 3.01. The van der Waals surface area contributed by atoms with Crippen molar-refractivity contribution in [3.05, 3.63) is 35.4 Å². The predicted octanol–water partition coefficient (Wildman–Crippen LogP) is 1.38. The lowest BCUT2D eigenvalue weighted by atomic mass is 9.97. The van der Waals surface area contributed by atoms with Crippen LogP contribution in [0, 0.1) is 0 Å². The van der Waals surface area contributed by atoms with Gasteiger partial charge in [-0.05, 0) is 6.92 Å². The van der Waals surface area contributed by atoms with E-state index in [1.54, 1.807) is 7.11 Å². The minimum atomic E-state index is 0.350. The second kappa shape index (κ2) is 5.99. The summed E-state index contributed by atoms with van der Waals surface area (Å²) in [6, 6.07) is 0. The fourth-order valence-corrected chi connectivity index (χ4v) is 3.07. The highest BCUT2D eigenvalue weighted by atomic mass is 16.5. The molecular weight excluding hydrogens is 266 g/mol. The summed E-state index contributed by atoms with van der Waals surface area (Å²) in [6.07, 6.45) is 6.19. The van der Waals surface area contributed by atoms with E-state index in [0.717, 1.165) is 32.8 Å². The van der Waals surface area contributed by atoms with E-state index in [1.807, 2.05) is 22.6 Å². The van der Waals surface area contributed by atoms with Crippen molar-refractivity contribution < 1.29 is 4.74 Å². The first-order valence-electron chi connectivity index (χ1n) is 7.44. The molecule has 3 heterocycles. The van der Waals surface area contributed by atoms with E-state index in [2.05, 4.69) is 29.3 Å². The summed E-state index contributed by atoms with van der Waals surface area (Å²) >= 11 is 0. The fourth-order valence-electron chi connectivity index (χ4n) is 3.07. The predicted molar refractivity (Wildman–Crippen MR) is 79.8 cm³/mol. The molecule has 0 N–H and O–H groups in total. The van der Waals surface area contributed by atoms with Crippen molar-refractivity contribution in [2.45, 2.75) is 32.5 Å². The molecule has 1 aliphatic rings. The van der Waals surface area contributed by atoms with Crippen LogP contribution in [-0.4, -0.2) is 44.7 Å². The van der Waals surface area contributed by atoms with Crippen LogP contribution in [0.4, 0.5) is 0 Å². The summed E-state index contributed by atoms with van der Waals surface area (Å²) in [5, 5.41) is 8.96. The molecule has 21 heavy (non-hydrogen) atoms. The number of aromatic nitrogens is 4. The van der Waals surface area contributed by atoms with Gasteiger partial charge in [0.05, 0.1) is 18.5 Å². The summed E-state index contributed by atoms with van der Waals surface area (Å²) in [5.74, 6) is 0.350. The zero-order valence-electron chi connectivity index (χ0n) is 13.0. The van der Waals surface area contributed by atoms with Crippen molar-refractivity contribution in [2.24, 2.45) is 7.05 Å². The molecule has 1 unspecified atom stereocenters. The minimum Gasteiger partial charge on any atom is -0.384 e. The SMILES string of the molecule is CCn1cc2c(n1)C(COC)CN(Cc1cnn(C)c1)C2. The first-order chi connectivity index (χ1) is 10.2. The number of methoxy groups -OCH3 is 1. The molecule has 0 spiro atoms. The first kappa shape index (κ1) is 14.3. The molecule has 6 heteroatoms. The van der Waals surface area contributed by atoms with Crippen LogP contribution in [0.1, 0.15) is 29.7 Å². The van der Waals surface area contributed by atoms with Crippen LogP contribution in [0.3, 0.4) is 0 Å². The molecule has 6 nitrogen and oxygen atoms in total. The maximum atomic E-state index is 5.39. The van der Waals surface area contributed by atoms with Crippen molar-refractivity contribution in [3.63, 3.8) is 0 Å². The van der Waals surface area contributed by atoms with E-state index in [0.29, 0.717) is 5.92 Å². The lowest BCUT2D eigenvalue weighted by molar-refractivity contribution is 0.134. The first-order valence-corrected chi connectivity index (χ1v) is 7.44. The quantitative estimate of drug-likeness (QED) is 0.834. The van der Waals surface area contributed by atoms with E-state index in [1.165, 1.54) is 16.8 Å². The monoisotopic (exact) mass is 289 g/mol. The zero-order chi connectivity index (χ0) is 14.8. The van der Waals surface area contributed by atoms with Gasteiger partial charge in [-0.2, -0.15) is 10.2 Å². The normalized spacial score (nSPS) is 18.9. The Bertz CT molecular complexity index is 603. The molecule has 0 amide bonds. The van der Waals surface area contributed by atoms with Crippen LogP contribution < -0.4 is 0 Å². The third-order valence-corrected chi connectivity index (χ3v) is 3.99. The standard InChI is InChI=1S/C15H23N5O/c1-4-20-10-13-8-19(7-12-5-16-18(2)6-12)9-14(11-21-3)15(13)17-20/h5-6,10,14H,4,7-9,11H2,1-3H3. The highest BCUT2D eigenvalue weighted by Crippen LogP contribution is 2.28. The second-order valence-electron chi connectivity index (χ2n) is 5.74. The van der Waals surface area contributed by atoms with Gasteiger partial charge in [-0.25, -0.2) is 0 Å². The molecular formula is C15H23N5O. The van der Waals surface area contributed by atoms with E-state index in [4.69, 9.17) is 9.84 Å². The average Bonchev–Trinajstić information content (AvgIpc) is 3.05. The number of nitrogens with zero attached hydrogens (tertiary/aromatic N) is 5. The molecule has 0 aromatic carbocycles. The van der Waals surface area contributed by atoms with Gasteiger partial charge in [0.15, 0.2) is 0 Å². The van der Waals surface area contributed by atoms with Gasteiger partial charge in [-0.3, -0.25) is 14.3 Å². The Balaban J connectivity index is 1.79. The van der Waals surface area contributed by atoms with Crippen LogP contribution in [0.25, 0.3) is 0 Å². The summed E-state index contributed by atoms with van der Waals surface area (Å²) in [7, 11) is 3.72. The number of hydrogen-bond acceptors (Lipinski definition) is 4. The molecule has 0 saturated carbocycles. The molecule has 0 fully saturated rings. The van der Waals surface area contributed by atoms with E-state index >= 15 is 0 Å². The van der Waals surface area contributed by atoms with Gasteiger partial charge < -0.3 is 4.74 Å². The van der Waals surface area contributed by atoms with Crippen molar-refractivity contribution in [2.75, 3.05) is 20.3 Å². The molecule has 3 rings (SSSR count). The summed E-state index contributed by atoms with van der Waals surface area (Å²) in [6.45, 7) is 6.61. The number of aryl methyl sites for hydroxylation is 2. The van der Waals surface area contributed by atoms with E-state index in [9.17, 15) is 0 Å². The molecule has 1 atom stereocenters. The van der Waals surface area contributed by atoms with Crippen molar-refractivity contribution >= 4 is 0 Å². The maximum absolute atomic E-state index is 5.39. The van der Waals surface area contributed by atoms with Crippen LogP contribution in [0.5, 0.6) is 0 Å². The third-order valence-electron chi connectivity index (χ3n) is 3.99.